The van der Waals surface area contributed by atoms with Crippen molar-refractivity contribution in [2.24, 2.45) is 0 Å². The number of rotatable bonds is 4. The van der Waals surface area contributed by atoms with Crippen LogP contribution in [0.2, 0.25) is 0 Å². The van der Waals surface area contributed by atoms with Gasteiger partial charge in [-0.1, -0.05) is 6.07 Å². The molecule has 0 aliphatic rings. The van der Waals surface area contributed by atoms with Crippen molar-refractivity contribution < 1.29 is 9.47 Å². The summed E-state index contributed by atoms with van der Waals surface area (Å²) in [5, 5.41) is 13.7. The lowest BCUT2D eigenvalue weighted by Gasteiger charge is -2.13. The molecule has 0 N–H and O–H groups in total. The highest BCUT2D eigenvalue weighted by molar-refractivity contribution is 7.13. The van der Waals surface area contributed by atoms with Gasteiger partial charge in [0.15, 0.2) is 0 Å². The van der Waals surface area contributed by atoms with Crippen LogP contribution in [0.3, 0.4) is 0 Å². The van der Waals surface area contributed by atoms with E-state index in [2.05, 4.69) is 46.3 Å². The van der Waals surface area contributed by atoms with Gasteiger partial charge in [-0.2, -0.15) is 5.26 Å². The topological polar surface area (TPSA) is 47.2 Å². The van der Waals surface area contributed by atoms with Gasteiger partial charge >= 0.3 is 0 Å². The molecule has 146 valence electrons. The van der Waals surface area contributed by atoms with Crippen molar-refractivity contribution in [3.05, 3.63) is 77.7 Å². The highest BCUT2D eigenvalue weighted by atomic mass is 32.1. The predicted molar refractivity (Wildman–Crippen MR) is 122 cm³/mol. The summed E-state index contributed by atoms with van der Waals surface area (Å²) in [4.78, 5) is 1.12. The van der Waals surface area contributed by atoms with E-state index in [0.29, 0.717) is 5.56 Å². The Morgan fingerprint density at radius 2 is 1.50 bits per heavy atom. The number of hydrogen-bond acceptors (Lipinski definition) is 4. The fourth-order valence-electron chi connectivity index (χ4n) is 3.92. The Hall–Kier alpha value is -3.75. The zero-order chi connectivity index (χ0) is 20.7. The fraction of sp³-hybridized carbons (Fsp3) is 0.0800. The maximum absolute atomic E-state index is 9.46. The van der Waals surface area contributed by atoms with E-state index in [1.54, 1.807) is 25.6 Å². The van der Waals surface area contributed by atoms with Crippen LogP contribution in [-0.2, 0) is 0 Å². The van der Waals surface area contributed by atoms with Gasteiger partial charge in [0.05, 0.1) is 42.6 Å². The molecule has 2 heterocycles. The van der Waals surface area contributed by atoms with E-state index in [4.69, 9.17) is 9.47 Å². The van der Waals surface area contributed by atoms with Crippen LogP contribution in [0.4, 0.5) is 0 Å². The molecule has 4 nitrogen and oxygen atoms in total. The number of nitrogens with zero attached hydrogens (tertiary/aromatic N) is 2. The molecule has 0 amide bonds. The van der Waals surface area contributed by atoms with Crippen LogP contribution in [-0.4, -0.2) is 18.8 Å². The van der Waals surface area contributed by atoms with E-state index >= 15 is 0 Å². The van der Waals surface area contributed by atoms with Gasteiger partial charge in [-0.15, -0.1) is 11.3 Å². The van der Waals surface area contributed by atoms with Crippen molar-refractivity contribution in [2.45, 2.75) is 0 Å². The van der Waals surface area contributed by atoms with Gasteiger partial charge in [0, 0.05) is 21.2 Å². The first-order valence-corrected chi connectivity index (χ1v) is 10.4. The summed E-state index contributed by atoms with van der Waals surface area (Å²) >= 11 is 1.67. The van der Waals surface area contributed by atoms with E-state index < -0.39 is 0 Å². The lowest BCUT2D eigenvalue weighted by Crippen LogP contribution is -1.97. The SMILES string of the molecule is COc1ccc2c(c1)c1cc(OC)ccc1n2-c1ccc(C#N)cc1-c1cccs1. The van der Waals surface area contributed by atoms with Crippen LogP contribution in [0.15, 0.2) is 72.1 Å². The van der Waals surface area contributed by atoms with Crippen molar-refractivity contribution in [1.29, 1.82) is 5.26 Å². The second-order valence-corrected chi connectivity index (χ2v) is 7.87. The molecule has 0 unspecified atom stereocenters. The highest BCUT2D eigenvalue weighted by Gasteiger charge is 2.17. The molecule has 0 bridgehead atoms. The molecule has 0 fully saturated rings. The standard InChI is InChI=1S/C25H18N2O2S/c1-28-17-6-9-22-19(13-17)20-14-18(29-2)7-10-23(20)27(22)24-8-5-16(15-26)12-21(24)25-4-3-11-30-25/h3-14H,1-2H3. The third-order valence-electron chi connectivity index (χ3n) is 5.33. The molecule has 2 aromatic heterocycles. The Kier molecular flexibility index (Phi) is 4.42. The predicted octanol–water partition coefficient (Wildman–Crippen LogP) is 6.40. The average molecular weight is 410 g/mol. The van der Waals surface area contributed by atoms with Crippen molar-refractivity contribution >= 4 is 33.1 Å². The first-order valence-electron chi connectivity index (χ1n) is 9.48. The van der Waals surface area contributed by atoms with Crippen molar-refractivity contribution in [3.8, 4) is 33.7 Å². The molecule has 5 rings (SSSR count). The molecule has 0 atom stereocenters. The average Bonchev–Trinajstić information content (AvgIpc) is 3.44. The number of ether oxygens (including phenoxy) is 2. The number of hydrogen-bond donors (Lipinski definition) is 0. The largest absolute Gasteiger partial charge is 0.497 e. The second-order valence-electron chi connectivity index (χ2n) is 6.92. The zero-order valence-electron chi connectivity index (χ0n) is 16.5. The molecule has 30 heavy (non-hydrogen) atoms. The van der Waals surface area contributed by atoms with Gasteiger partial charge in [-0.05, 0) is 66.0 Å². The van der Waals surface area contributed by atoms with Crippen LogP contribution < -0.4 is 9.47 Å². The van der Waals surface area contributed by atoms with Gasteiger partial charge in [-0.25, -0.2) is 0 Å². The Bertz CT molecular complexity index is 1360. The molecule has 5 aromatic rings. The van der Waals surface area contributed by atoms with Crippen LogP contribution in [0.1, 0.15) is 5.56 Å². The van der Waals surface area contributed by atoms with Gasteiger partial charge < -0.3 is 14.0 Å². The van der Waals surface area contributed by atoms with Crippen LogP contribution in [0, 0.1) is 11.3 Å². The minimum Gasteiger partial charge on any atom is -0.497 e. The summed E-state index contributed by atoms with van der Waals surface area (Å²) in [5.74, 6) is 1.62. The van der Waals surface area contributed by atoms with Crippen LogP contribution in [0.25, 0.3) is 37.9 Å². The van der Waals surface area contributed by atoms with Gasteiger partial charge in [0.1, 0.15) is 11.5 Å². The van der Waals surface area contributed by atoms with E-state index in [-0.39, 0.29) is 0 Å². The second kappa shape index (κ2) is 7.25. The van der Waals surface area contributed by atoms with E-state index in [1.165, 1.54) is 0 Å². The Labute approximate surface area is 178 Å². The molecule has 5 heteroatoms. The summed E-state index contributed by atoms with van der Waals surface area (Å²) in [5.41, 5.74) is 4.86. The summed E-state index contributed by atoms with van der Waals surface area (Å²) in [6.07, 6.45) is 0. The monoisotopic (exact) mass is 410 g/mol. The maximum atomic E-state index is 9.46. The summed E-state index contributed by atoms with van der Waals surface area (Å²) in [6, 6.07) is 24.5. The van der Waals surface area contributed by atoms with Gasteiger partial charge in [0.25, 0.3) is 0 Å². The minimum absolute atomic E-state index is 0.645. The van der Waals surface area contributed by atoms with Crippen molar-refractivity contribution in [2.75, 3.05) is 14.2 Å². The molecular formula is C25H18N2O2S. The molecule has 0 saturated heterocycles. The Morgan fingerprint density at radius 1 is 0.833 bits per heavy atom. The molecule has 0 spiro atoms. The highest BCUT2D eigenvalue weighted by Crippen LogP contribution is 2.39. The van der Waals surface area contributed by atoms with E-state index in [9.17, 15) is 5.26 Å². The van der Waals surface area contributed by atoms with E-state index in [1.807, 2.05) is 36.4 Å². The molecule has 0 aliphatic heterocycles. The quantitative estimate of drug-likeness (QED) is 0.344. The molecule has 0 aliphatic carbocycles. The molecule has 3 aromatic carbocycles. The van der Waals surface area contributed by atoms with E-state index in [0.717, 1.165) is 49.4 Å². The van der Waals surface area contributed by atoms with Gasteiger partial charge in [0.2, 0.25) is 0 Å². The van der Waals surface area contributed by atoms with Crippen LogP contribution in [0.5, 0.6) is 11.5 Å². The summed E-state index contributed by atoms with van der Waals surface area (Å²) in [7, 11) is 3.35. The van der Waals surface area contributed by atoms with Crippen molar-refractivity contribution in [3.63, 3.8) is 0 Å². The first kappa shape index (κ1) is 18.3. The summed E-state index contributed by atoms with van der Waals surface area (Å²) < 4.78 is 13.2. The first-order chi connectivity index (χ1) is 14.7. The molecular weight excluding hydrogens is 392 g/mol. The third-order valence-corrected chi connectivity index (χ3v) is 6.24. The number of aromatic nitrogens is 1. The Balaban J connectivity index is 1.91. The number of fused-ring (bicyclic) bond motifs is 3. The molecule has 0 saturated carbocycles. The zero-order valence-corrected chi connectivity index (χ0v) is 17.4. The minimum atomic E-state index is 0.645. The normalized spacial score (nSPS) is 11.0. The number of methoxy groups -OCH3 is 2. The van der Waals surface area contributed by atoms with Crippen molar-refractivity contribution in [1.82, 2.24) is 4.57 Å². The lowest BCUT2D eigenvalue weighted by atomic mass is 10.1. The smallest absolute Gasteiger partial charge is 0.119 e. The maximum Gasteiger partial charge on any atom is 0.119 e. The number of thiophene rings is 1. The van der Waals surface area contributed by atoms with Gasteiger partial charge in [-0.3, -0.25) is 0 Å². The molecule has 0 radical (unpaired) electrons. The number of nitriles is 1. The lowest BCUT2D eigenvalue weighted by molar-refractivity contribution is 0.415. The third kappa shape index (κ3) is 2.81. The Morgan fingerprint density at radius 3 is 2.03 bits per heavy atom. The fourth-order valence-corrected chi connectivity index (χ4v) is 4.68. The summed E-state index contributed by atoms with van der Waals surface area (Å²) in [6.45, 7) is 0. The van der Waals surface area contributed by atoms with Crippen LogP contribution >= 0.6 is 11.3 Å². The number of benzene rings is 3.